The Morgan fingerprint density at radius 3 is 2.35 bits per heavy atom. The molecule has 0 amide bonds. The fourth-order valence-electron chi connectivity index (χ4n) is 1.77. The lowest BCUT2D eigenvalue weighted by molar-refractivity contribution is -0.136. The van der Waals surface area contributed by atoms with E-state index in [0.29, 0.717) is 5.71 Å². The first-order chi connectivity index (χ1) is 9.60. The van der Waals surface area contributed by atoms with Gasteiger partial charge >= 0.3 is 5.97 Å². The van der Waals surface area contributed by atoms with E-state index in [4.69, 9.17) is 10.3 Å². The van der Waals surface area contributed by atoms with Gasteiger partial charge in [0, 0.05) is 11.3 Å². The summed E-state index contributed by atoms with van der Waals surface area (Å²) >= 11 is 5.06. The Kier molecular flexibility index (Phi) is 4.92. The molecule has 0 radical (unpaired) electrons. The second kappa shape index (κ2) is 6.67. The van der Waals surface area contributed by atoms with Gasteiger partial charge in [0.15, 0.2) is 0 Å². The molecule has 0 aliphatic rings. The zero-order valence-corrected chi connectivity index (χ0v) is 12.8. The fraction of sp³-hybridized carbons (Fsp3) is 0.143. The summed E-state index contributed by atoms with van der Waals surface area (Å²) in [6.07, 6.45) is 0.148. The van der Waals surface area contributed by atoms with Gasteiger partial charge in [0.25, 0.3) is 0 Å². The minimum absolute atomic E-state index is 0.0565. The Labute approximate surface area is 128 Å². The SMILES string of the molecule is O=C(O)CC/C(=N\O)c1ccc(-c2ccc(Br)s2)cc1. The van der Waals surface area contributed by atoms with Gasteiger partial charge in [-0.05, 0) is 39.2 Å². The highest BCUT2D eigenvalue weighted by Gasteiger charge is 2.08. The van der Waals surface area contributed by atoms with Crippen molar-refractivity contribution in [2.24, 2.45) is 5.16 Å². The van der Waals surface area contributed by atoms with Gasteiger partial charge in [-0.1, -0.05) is 29.4 Å². The molecular weight excluding hydrogens is 342 g/mol. The number of rotatable bonds is 5. The Balaban J connectivity index is 2.16. The average Bonchev–Trinajstić information content (AvgIpc) is 2.86. The molecule has 0 atom stereocenters. The maximum Gasteiger partial charge on any atom is 0.303 e. The summed E-state index contributed by atoms with van der Waals surface area (Å²) in [6.45, 7) is 0. The smallest absolute Gasteiger partial charge is 0.303 e. The van der Waals surface area contributed by atoms with Crippen LogP contribution in [0.25, 0.3) is 10.4 Å². The van der Waals surface area contributed by atoms with Crippen LogP contribution in [-0.2, 0) is 4.79 Å². The molecule has 0 bridgehead atoms. The van der Waals surface area contributed by atoms with Crippen molar-refractivity contribution in [3.05, 3.63) is 45.7 Å². The fourth-order valence-corrected chi connectivity index (χ4v) is 3.17. The maximum atomic E-state index is 10.6. The molecule has 0 aliphatic heterocycles. The quantitative estimate of drug-likeness (QED) is 0.480. The van der Waals surface area contributed by atoms with E-state index in [1.807, 2.05) is 36.4 Å². The number of carbonyl (C=O) groups is 1. The third-order valence-electron chi connectivity index (χ3n) is 2.77. The minimum atomic E-state index is -0.911. The Bertz CT molecular complexity index is 634. The third kappa shape index (κ3) is 3.68. The van der Waals surface area contributed by atoms with Crippen LogP contribution in [0.5, 0.6) is 0 Å². The molecule has 4 nitrogen and oxygen atoms in total. The monoisotopic (exact) mass is 353 g/mol. The molecule has 6 heteroatoms. The number of aliphatic carboxylic acids is 1. The van der Waals surface area contributed by atoms with Gasteiger partial charge < -0.3 is 10.3 Å². The second-order valence-corrected chi connectivity index (χ2v) is 6.58. The van der Waals surface area contributed by atoms with E-state index in [-0.39, 0.29) is 12.8 Å². The molecule has 2 aromatic rings. The highest BCUT2D eigenvalue weighted by Crippen LogP contribution is 2.31. The van der Waals surface area contributed by atoms with Gasteiger partial charge in [-0.3, -0.25) is 4.79 Å². The molecule has 0 aliphatic carbocycles. The van der Waals surface area contributed by atoms with Gasteiger partial charge in [-0.15, -0.1) is 11.3 Å². The molecule has 104 valence electrons. The number of carboxylic acids is 1. The van der Waals surface area contributed by atoms with E-state index >= 15 is 0 Å². The Morgan fingerprint density at radius 2 is 1.85 bits per heavy atom. The molecule has 0 saturated heterocycles. The van der Waals surface area contributed by atoms with E-state index in [0.717, 1.165) is 19.8 Å². The predicted molar refractivity (Wildman–Crippen MR) is 82.6 cm³/mol. The first kappa shape index (κ1) is 14.7. The van der Waals surface area contributed by atoms with E-state index in [2.05, 4.69) is 21.1 Å². The van der Waals surface area contributed by atoms with E-state index in [1.54, 1.807) is 11.3 Å². The Morgan fingerprint density at radius 1 is 1.15 bits per heavy atom. The largest absolute Gasteiger partial charge is 0.481 e. The zero-order valence-electron chi connectivity index (χ0n) is 10.4. The van der Waals surface area contributed by atoms with Crippen molar-refractivity contribution in [2.75, 3.05) is 0 Å². The molecule has 20 heavy (non-hydrogen) atoms. The number of carboxylic acid groups (broad SMARTS) is 1. The third-order valence-corrected chi connectivity index (χ3v) is 4.44. The molecule has 0 spiro atoms. The number of thiophene rings is 1. The van der Waals surface area contributed by atoms with Crippen LogP contribution in [0.2, 0.25) is 0 Å². The van der Waals surface area contributed by atoms with Gasteiger partial charge in [0.1, 0.15) is 0 Å². The normalized spacial score (nSPS) is 11.6. The van der Waals surface area contributed by atoms with Gasteiger partial charge in [-0.2, -0.15) is 0 Å². The van der Waals surface area contributed by atoms with Crippen LogP contribution in [0.15, 0.2) is 45.3 Å². The van der Waals surface area contributed by atoms with E-state index < -0.39 is 5.97 Å². The highest BCUT2D eigenvalue weighted by atomic mass is 79.9. The number of benzene rings is 1. The number of oxime groups is 1. The minimum Gasteiger partial charge on any atom is -0.481 e. The summed E-state index contributed by atoms with van der Waals surface area (Å²) in [4.78, 5) is 11.7. The number of nitrogens with zero attached hydrogens (tertiary/aromatic N) is 1. The number of halogens is 1. The van der Waals surface area contributed by atoms with Gasteiger partial charge in [0.2, 0.25) is 0 Å². The molecular formula is C14H12BrNO3S. The lowest BCUT2D eigenvalue weighted by Crippen LogP contribution is -2.05. The first-order valence-corrected chi connectivity index (χ1v) is 7.50. The van der Waals surface area contributed by atoms with Crippen LogP contribution < -0.4 is 0 Å². The van der Waals surface area contributed by atoms with E-state index in [1.165, 1.54) is 0 Å². The van der Waals surface area contributed by atoms with E-state index in [9.17, 15) is 4.79 Å². The summed E-state index contributed by atoms with van der Waals surface area (Å²) in [5, 5.41) is 20.8. The van der Waals surface area contributed by atoms with Crippen LogP contribution >= 0.6 is 27.3 Å². The van der Waals surface area contributed by atoms with Crippen LogP contribution in [0, 0.1) is 0 Å². The van der Waals surface area contributed by atoms with Crippen molar-refractivity contribution in [3.63, 3.8) is 0 Å². The van der Waals surface area contributed by atoms with Gasteiger partial charge in [0.05, 0.1) is 15.9 Å². The lowest BCUT2D eigenvalue weighted by Gasteiger charge is -2.04. The molecule has 2 N–H and O–H groups in total. The van der Waals surface area contributed by atoms with Crippen LogP contribution in [0.1, 0.15) is 18.4 Å². The summed E-state index contributed by atoms with van der Waals surface area (Å²) in [5.41, 5.74) is 2.18. The van der Waals surface area contributed by atoms with Crippen molar-refractivity contribution in [2.45, 2.75) is 12.8 Å². The number of hydrogen-bond donors (Lipinski definition) is 2. The second-order valence-electron chi connectivity index (χ2n) is 4.12. The predicted octanol–water partition coefficient (Wildman–Crippen LogP) is 4.22. The van der Waals surface area contributed by atoms with Crippen LogP contribution in [0.4, 0.5) is 0 Å². The van der Waals surface area contributed by atoms with Crippen LogP contribution in [-0.4, -0.2) is 22.0 Å². The van der Waals surface area contributed by atoms with Gasteiger partial charge in [-0.25, -0.2) is 0 Å². The van der Waals surface area contributed by atoms with Crippen LogP contribution in [0.3, 0.4) is 0 Å². The van der Waals surface area contributed by atoms with Crippen molar-refractivity contribution in [3.8, 4) is 10.4 Å². The van der Waals surface area contributed by atoms with Crippen molar-refractivity contribution >= 4 is 38.9 Å². The molecule has 0 unspecified atom stereocenters. The highest BCUT2D eigenvalue weighted by molar-refractivity contribution is 9.11. The van der Waals surface area contributed by atoms with Crippen molar-refractivity contribution in [1.82, 2.24) is 0 Å². The number of hydrogen-bond acceptors (Lipinski definition) is 4. The standard InChI is InChI=1S/C14H12BrNO3S/c15-13-7-6-12(20-13)10-3-1-9(2-4-10)11(16-19)5-8-14(17)18/h1-4,6-7,19H,5,8H2,(H,17,18)/b16-11+. The van der Waals surface area contributed by atoms with Crippen molar-refractivity contribution < 1.29 is 15.1 Å². The Hall–Kier alpha value is -1.66. The molecule has 0 saturated carbocycles. The lowest BCUT2D eigenvalue weighted by atomic mass is 10.0. The molecule has 2 rings (SSSR count). The molecule has 1 heterocycles. The topological polar surface area (TPSA) is 69.9 Å². The maximum absolute atomic E-state index is 10.6. The average molecular weight is 354 g/mol. The summed E-state index contributed by atoms with van der Waals surface area (Å²) in [7, 11) is 0. The summed E-state index contributed by atoms with van der Waals surface area (Å²) in [6, 6.07) is 11.5. The zero-order chi connectivity index (χ0) is 14.5. The first-order valence-electron chi connectivity index (χ1n) is 5.89. The molecule has 1 aromatic heterocycles. The molecule has 1 aromatic carbocycles. The summed E-state index contributed by atoms with van der Waals surface area (Å²) in [5.74, 6) is -0.911. The summed E-state index contributed by atoms with van der Waals surface area (Å²) < 4.78 is 1.07. The molecule has 0 fully saturated rings. The van der Waals surface area contributed by atoms with Crippen molar-refractivity contribution in [1.29, 1.82) is 0 Å².